The topological polar surface area (TPSA) is 37.3 Å². The maximum absolute atomic E-state index is 14.1. The first-order valence-corrected chi connectivity index (χ1v) is 8.93. The van der Waals surface area contributed by atoms with E-state index in [0.29, 0.717) is 24.2 Å². The molecule has 0 amide bonds. The normalized spacial score (nSPS) is 54.3. The van der Waals surface area contributed by atoms with Gasteiger partial charge in [-0.2, -0.15) is 0 Å². The molecule has 4 aliphatic rings. The van der Waals surface area contributed by atoms with Crippen LogP contribution in [-0.2, 0) is 4.79 Å². The zero-order valence-corrected chi connectivity index (χ0v) is 13.6. The number of carbonyl (C=O) groups excluding carboxylic acids is 1. The van der Waals surface area contributed by atoms with E-state index in [4.69, 9.17) is 0 Å². The molecule has 3 fully saturated rings. The predicted octanol–water partition coefficient (Wildman–Crippen LogP) is 3.83. The first kappa shape index (κ1) is 14.9. The molecule has 22 heavy (non-hydrogen) atoms. The second kappa shape index (κ2) is 4.66. The number of allylic oxidation sites excluding steroid dienone is 1. The number of aliphatic hydroxyl groups is 1. The van der Waals surface area contributed by atoms with Crippen molar-refractivity contribution in [3.8, 4) is 0 Å². The SMILES string of the molecule is C[C@]12CC[C@H]3[C@@H](CCC4=CC(=O)[C@H](F)C[C@@]43C)[C@@H]1CC[C@H]2O. The van der Waals surface area contributed by atoms with Crippen LogP contribution in [0.3, 0.4) is 0 Å². The Morgan fingerprint density at radius 3 is 2.73 bits per heavy atom. The average Bonchev–Trinajstić information content (AvgIpc) is 2.77. The number of halogens is 1. The summed E-state index contributed by atoms with van der Waals surface area (Å²) in [5, 5.41) is 10.4. The van der Waals surface area contributed by atoms with Gasteiger partial charge in [0.2, 0.25) is 0 Å². The van der Waals surface area contributed by atoms with Gasteiger partial charge in [-0.25, -0.2) is 4.39 Å². The fourth-order valence-electron chi connectivity index (χ4n) is 6.55. The average molecular weight is 306 g/mol. The second-order valence-electron chi connectivity index (χ2n) is 8.71. The van der Waals surface area contributed by atoms with Crippen LogP contribution in [0.4, 0.5) is 4.39 Å². The molecule has 0 aromatic rings. The van der Waals surface area contributed by atoms with E-state index in [1.54, 1.807) is 6.08 Å². The number of hydrogen-bond acceptors (Lipinski definition) is 2. The van der Waals surface area contributed by atoms with Crippen molar-refractivity contribution < 1.29 is 14.3 Å². The van der Waals surface area contributed by atoms with E-state index >= 15 is 0 Å². The van der Waals surface area contributed by atoms with Crippen LogP contribution in [0.2, 0.25) is 0 Å². The second-order valence-corrected chi connectivity index (χ2v) is 8.71. The lowest BCUT2D eigenvalue weighted by atomic mass is 9.47. The molecule has 0 bridgehead atoms. The fraction of sp³-hybridized carbons (Fsp3) is 0.842. The lowest BCUT2D eigenvalue weighted by molar-refractivity contribution is -0.124. The van der Waals surface area contributed by atoms with E-state index < -0.39 is 6.17 Å². The zero-order chi connectivity index (χ0) is 15.7. The summed E-state index contributed by atoms with van der Waals surface area (Å²) in [5.74, 6) is 1.35. The third kappa shape index (κ3) is 1.78. The molecule has 0 spiro atoms. The molecule has 1 N–H and O–H groups in total. The first-order valence-electron chi connectivity index (χ1n) is 8.93. The highest BCUT2D eigenvalue weighted by atomic mass is 19.1. The van der Waals surface area contributed by atoms with Crippen LogP contribution in [0.1, 0.15) is 58.8 Å². The molecule has 4 aliphatic carbocycles. The van der Waals surface area contributed by atoms with Gasteiger partial charge in [0.15, 0.2) is 12.0 Å². The first-order chi connectivity index (χ1) is 10.4. The highest BCUT2D eigenvalue weighted by Gasteiger charge is 2.59. The van der Waals surface area contributed by atoms with Crippen LogP contribution in [-0.4, -0.2) is 23.2 Å². The molecule has 3 saturated carbocycles. The molecule has 7 atom stereocenters. The molecule has 0 radical (unpaired) electrons. The summed E-state index contributed by atoms with van der Waals surface area (Å²) in [6.45, 7) is 4.46. The van der Waals surface area contributed by atoms with Crippen LogP contribution >= 0.6 is 0 Å². The van der Waals surface area contributed by atoms with E-state index in [2.05, 4.69) is 13.8 Å². The van der Waals surface area contributed by atoms with E-state index in [1.165, 1.54) is 5.57 Å². The van der Waals surface area contributed by atoms with Crippen molar-refractivity contribution in [2.24, 2.45) is 28.6 Å². The number of hydrogen-bond donors (Lipinski definition) is 1. The summed E-state index contributed by atoms with van der Waals surface area (Å²) in [6, 6.07) is 0. The van der Waals surface area contributed by atoms with Gasteiger partial charge in [0.1, 0.15) is 0 Å². The van der Waals surface area contributed by atoms with Gasteiger partial charge in [-0.05, 0) is 79.6 Å². The molecule has 0 unspecified atom stereocenters. The maximum Gasteiger partial charge on any atom is 0.189 e. The smallest absolute Gasteiger partial charge is 0.189 e. The Morgan fingerprint density at radius 1 is 1.18 bits per heavy atom. The Labute approximate surface area is 132 Å². The lowest BCUT2D eigenvalue weighted by Crippen LogP contribution is -2.52. The molecule has 122 valence electrons. The Balaban J connectivity index is 1.70. The molecule has 0 aromatic heterocycles. The molecule has 3 heteroatoms. The highest BCUT2D eigenvalue weighted by Crippen LogP contribution is 2.65. The summed E-state index contributed by atoms with van der Waals surface area (Å²) in [4.78, 5) is 11.7. The summed E-state index contributed by atoms with van der Waals surface area (Å²) in [7, 11) is 0. The number of rotatable bonds is 0. The van der Waals surface area contributed by atoms with Crippen LogP contribution in [0.25, 0.3) is 0 Å². The van der Waals surface area contributed by atoms with Crippen molar-refractivity contribution >= 4 is 5.78 Å². The molecule has 0 saturated heterocycles. The van der Waals surface area contributed by atoms with Gasteiger partial charge in [0.05, 0.1) is 6.10 Å². The van der Waals surface area contributed by atoms with Crippen molar-refractivity contribution in [2.75, 3.05) is 0 Å². The van der Waals surface area contributed by atoms with Crippen LogP contribution in [0.15, 0.2) is 11.6 Å². The van der Waals surface area contributed by atoms with Crippen LogP contribution < -0.4 is 0 Å². The lowest BCUT2D eigenvalue weighted by Gasteiger charge is -2.57. The minimum atomic E-state index is -1.31. The van der Waals surface area contributed by atoms with Gasteiger partial charge < -0.3 is 5.11 Å². The van der Waals surface area contributed by atoms with Crippen molar-refractivity contribution in [3.63, 3.8) is 0 Å². The number of fused-ring (bicyclic) bond motifs is 5. The number of carbonyl (C=O) groups is 1. The van der Waals surface area contributed by atoms with Gasteiger partial charge in [0, 0.05) is 0 Å². The predicted molar refractivity (Wildman–Crippen MR) is 83.0 cm³/mol. The summed E-state index contributed by atoms with van der Waals surface area (Å²) < 4.78 is 14.1. The van der Waals surface area contributed by atoms with Gasteiger partial charge in [-0.1, -0.05) is 19.4 Å². The third-order valence-electron chi connectivity index (χ3n) is 7.91. The van der Waals surface area contributed by atoms with E-state index in [9.17, 15) is 14.3 Å². The van der Waals surface area contributed by atoms with Gasteiger partial charge in [-0.3, -0.25) is 4.79 Å². The van der Waals surface area contributed by atoms with Crippen LogP contribution in [0, 0.1) is 28.6 Å². The highest BCUT2D eigenvalue weighted by molar-refractivity contribution is 5.95. The zero-order valence-electron chi connectivity index (χ0n) is 13.6. The number of alkyl halides is 1. The van der Waals surface area contributed by atoms with Crippen LogP contribution in [0.5, 0.6) is 0 Å². The molecule has 2 nitrogen and oxygen atoms in total. The van der Waals surface area contributed by atoms with Crippen molar-refractivity contribution in [1.29, 1.82) is 0 Å². The Morgan fingerprint density at radius 2 is 1.95 bits per heavy atom. The molecule has 0 aliphatic heterocycles. The fourth-order valence-corrected chi connectivity index (χ4v) is 6.55. The molecular formula is C19H27FO2. The van der Waals surface area contributed by atoms with E-state index in [1.807, 2.05) is 0 Å². The summed E-state index contributed by atoms with van der Waals surface area (Å²) in [5.41, 5.74) is 1.14. The largest absolute Gasteiger partial charge is 0.393 e. The number of ketones is 1. The Kier molecular flexibility index (Phi) is 3.15. The van der Waals surface area contributed by atoms with Gasteiger partial charge in [-0.15, -0.1) is 0 Å². The molecule has 4 rings (SSSR count). The Hall–Kier alpha value is -0.700. The van der Waals surface area contributed by atoms with Gasteiger partial charge in [0.25, 0.3) is 0 Å². The standard InChI is InChI=1S/C19H27FO2/c1-18-8-7-14-12(13(18)5-6-17(18)22)4-3-11-9-16(21)15(20)10-19(11,14)2/h9,12-15,17,22H,3-8,10H2,1-2H3/t12-,13-,14-,15+,17+,18-,19-/m0/s1. The summed E-state index contributed by atoms with van der Waals surface area (Å²) in [6.07, 6.45) is 6.76. The summed E-state index contributed by atoms with van der Waals surface area (Å²) >= 11 is 0. The molecular weight excluding hydrogens is 279 g/mol. The van der Waals surface area contributed by atoms with Crippen molar-refractivity contribution in [3.05, 3.63) is 11.6 Å². The monoisotopic (exact) mass is 306 g/mol. The third-order valence-corrected chi connectivity index (χ3v) is 7.91. The van der Waals surface area contributed by atoms with Gasteiger partial charge >= 0.3 is 0 Å². The molecule has 0 aromatic carbocycles. The van der Waals surface area contributed by atoms with E-state index in [0.717, 1.165) is 38.5 Å². The van der Waals surface area contributed by atoms with Crippen molar-refractivity contribution in [2.45, 2.75) is 71.1 Å². The Bertz CT molecular complexity index is 542. The minimum Gasteiger partial charge on any atom is -0.393 e. The quantitative estimate of drug-likeness (QED) is 0.738. The minimum absolute atomic E-state index is 0.0678. The maximum atomic E-state index is 14.1. The number of aliphatic hydroxyl groups excluding tert-OH is 1. The van der Waals surface area contributed by atoms with Crippen molar-refractivity contribution in [1.82, 2.24) is 0 Å². The van der Waals surface area contributed by atoms with E-state index in [-0.39, 0.29) is 22.7 Å². The molecule has 0 heterocycles.